The van der Waals surface area contributed by atoms with Crippen LogP contribution in [0, 0.1) is 13.8 Å². The summed E-state index contributed by atoms with van der Waals surface area (Å²) in [7, 11) is 1.53. The molecule has 1 atom stereocenters. The van der Waals surface area contributed by atoms with Crippen LogP contribution in [-0.2, 0) is 16.2 Å². The molecule has 6 aromatic rings. The monoisotopic (exact) mass is 616 g/mol. The summed E-state index contributed by atoms with van der Waals surface area (Å²) >= 11 is 1.31. The summed E-state index contributed by atoms with van der Waals surface area (Å²) in [5.74, 6) is -1.01. The molecule has 1 amide bonds. The predicted molar refractivity (Wildman–Crippen MR) is 173 cm³/mol. The van der Waals surface area contributed by atoms with Crippen LogP contribution in [0.4, 0.5) is 5.13 Å². The molecule has 3 aromatic heterocycles. The molecule has 0 spiro atoms. The third-order valence-electron chi connectivity index (χ3n) is 7.85. The fourth-order valence-electron chi connectivity index (χ4n) is 5.70. The van der Waals surface area contributed by atoms with E-state index in [1.807, 2.05) is 73.7 Å². The van der Waals surface area contributed by atoms with Crippen LogP contribution < -0.4 is 14.4 Å². The van der Waals surface area contributed by atoms with E-state index in [9.17, 15) is 14.7 Å². The average molecular weight is 617 g/mol. The number of aliphatic hydroxyl groups is 1. The highest BCUT2D eigenvalue weighted by atomic mass is 32.1. The third kappa shape index (κ3) is 4.89. The zero-order chi connectivity index (χ0) is 31.2. The van der Waals surface area contributed by atoms with Crippen molar-refractivity contribution >= 4 is 49.8 Å². The Bertz CT molecular complexity index is 2150. The fourth-order valence-corrected chi connectivity index (χ4v) is 6.79. The van der Waals surface area contributed by atoms with E-state index in [0.29, 0.717) is 51.4 Å². The van der Waals surface area contributed by atoms with Gasteiger partial charge in [0.15, 0.2) is 22.4 Å². The lowest BCUT2D eigenvalue weighted by atomic mass is 9.96. The van der Waals surface area contributed by atoms with Crippen LogP contribution in [0.25, 0.3) is 21.6 Å². The quantitative estimate of drug-likeness (QED) is 0.120. The maximum atomic E-state index is 13.9. The molecular weight excluding hydrogens is 588 g/mol. The number of hydrogen-bond donors (Lipinski definition) is 1. The van der Waals surface area contributed by atoms with Crippen molar-refractivity contribution in [2.24, 2.45) is 0 Å². The van der Waals surface area contributed by atoms with E-state index in [1.54, 1.807) is 35.7 Å². The highest BCUT2D eigenvalue weighted by molar-refractivity contribution is 7.22. The third-order valence-corrected chi connectivity index (χ3v) is 8.87. The van der Waals surface area contributed by atoms with Crippen molar-refractivity contribution in [2.75, 3.05) is 12.0 Å². The summed E-state index contributed by atoms with van der Waals surface area (Å²) in [4.78, 5) is 38.4. The normalized spacial score (nSPS) is 16.2. The van der Waals surface area contributed by atoms with Gasteiger partial charge in [-0.2, -0.15) is 0 Å². The summed E-state index contributed by atoms with van der Waals surface area (Å²) in [5, 5.41) is 12.2. The number of ether oxygens (including phenoxy) is 2. The zero-order valence-electron chi connectivity index (χ0n) is 24.7. The van der Waals surface area contributed by atoms with E-state index in [-0.39, 0.29) is 11.3 Å². The molecule has 10 heteroatoms. The Kier molecular flexibility index (Phi) is 7.06. The second-order valence-electron chi connectivity index (χ2n) is 10.8. The van der Waals surface area contributed by atoms with Gasteiger partial charge in [-0.1, -0.05) is 59.9 Å². The Labute approximate surface area is 262 Å². The Hall–Kier alpha value is -5.48. The van der Waals surface area contributed by atoms with Gasteiger partial charge in [0.1, 0.15) is 17.9 Å². The van der Waals surface area contributed by atoms with E-state index >= 15 is 0 Å². The van der Waals surface area contributed by atoms with Crippen molar-refractivity contribution in [1.82, 2.24) is 14.4 Å². The molecule has 1 aliphatic rings. The second-order valence-corrected chi connectivity index (χ2v) is 11.8. The smallest absolute Gasteiger partial charge is 0.301 e. The number of hydrogen-bond acceptors (Lipinski definition) is 8. The highest BCUT2D eigenvalue weighted by Gasteiger charge is 2.49. The van der Waals surface area contributed by atoms with Gasteiger partial charge in [-0.15, -0.1) is 0 Å². The Morgan fingerprint density at radius 2 is 1.73 bits per heavy atom. The van der Waals surface area contributed by atoms with Crippen molar-refractivity contribution < 1.29 is 24.2 Å². The first-order chi connectivity index (χ1) is 21.8. The van der Waals surface area contributed by atoms with Crippen LogP contribution in [0.3, 0.4) is 0 Å². The minimum atomic E-state index is -1.00. The van der Waals surface area contributed by atoms with E-state index in [0.717, 1.165) is 15.8 Å². The summed E-state index contributed by atoms with van der Waals surface area (Å²) in [6.07, 6.45) is 1.76. The number of carbonyl (C=O) groups excluding carboxylic acids is 2. The van der Waals surface area contributed by atoms with Gasteiger partial charge >= 0.3 is 5.91 Å². The molecule has 4 heterocycles. The number of rotatable bonds is 7. The topological polar surface area (TPSA) is 106 Å². The standard InChI is InChI=1S/C35H28N4O5S/c1-20-12-14-24-27(17-20)45-35(37-24)39-31(23-13-15-25(26(18-23)43-3)44-19-22-9-5-4-6-10-22)29(33(41)34(39)42)32(40)30-21(2)36-28-11-7-8-16-38(28)30/h4-18,31,40H,19H2,1-3H3. The number of imidazole rings is 1. The molecule has 0 bridgehead atoms. The van der Waals surface area contributed by atoms with Gasteiger partial charge in [0.2, 0.25) is 0 Å². The number of methoxy groups -OCH3 is 1. The number of thiazole rings is 1. The van der Waals surface area contributed by atoms with Gasteiger partial charge in [0.25, 0.3) is 5.78 Å². The van der Waals surface area contributed by atoms with Crippen LogP contribution in [0.15, 0.2) is 96.7 Å². The number of amides is 1. The second kappa shape index (κ2) is 11.2. The maximum absolute atomic E-state index is 13.9. The number of Topliss-reactive ketones (excluding diaryl/α,β-unsaturated/α-hetero) is 1. The number of aryl methyl sites for hydroxylation is 2. The van der Waals surface area contributed by atoms with Gasteiger partial charge < -0.3 is 14.6 Å². The number of fused-ring (bicyclic) bond motifs is 2. The number of pyridine rings is 1. The number of ketones is 1. The van der Waals surface area contributed by atoms with E-state index < -0.39 is 17.7 Å². The summed E-state index contributed by atoms with van der Waals surface area (Å²) in [6.45, 7) is 4.07. The average Bonchev–Trinajstić information content (AvgIpc) is 3.70. The van der Waals surface area contributed by atoms with Gasteiger partial charge in [-0.25, -0.2) is 9.97 Å². The van der Waals surface area contributed by atoms with Gasteiger partial charge in [0, 0.05) is 6.20 Å². The lowest BCUT2D eigenvalue weighted by Crippen LogP contribution is -2.29. The Balaban J connectivity index is 1.40. The van der Waals surface area contributed by atoms with Crippen molar-refractivity contribution in [1.29, 1.82) is 0 Å². The Morgan fingerprint density at radius 3 is 2.53 bits per heavy atom. The van der Waals surface area contributed by atoms with Crippen molar-refractivity contribution in [3.8, 4) is 11.5 Å². The molecule has 45 heavy (non-hydrogen) atoms. The number of carbonyl (C=O) groups is 2. The molecule has 1 N–H and O–H groups in total. The van der Waals surface area contributed by atoms with E-state index in [2.05, 4.69) is 4.98 Å². The highest BCUT2D eigenvalue weighted by Crippen LogP contribution is 2.46. The SMILES string of the molecule is COc1cc(C2C(=C(O)c3c(C)nc4ccccn34)C(=O)C(=O)N2c2nc3ccc(C)cc3s2)ccc1OCc1ccccc1. The molecule has 1 saturated heterocycles. The molecular formula is C35H28N4O5S. The number of aromatic nitrogens is 3. The first-order valence-electron chi connectivity index (χ1n) is 14.3. The largest absolute Gasteiger partial charge is 0.505 e. The van der Waals surface area contributed by atoms with Gasteiger partial charge in [-0.05, 0) is 66.9 Å². The molecule has 1 unspecified atom stereocenters. The van der Waals surface area contributed by atoms with Gasteiger partial charge in [0.05, 0.1) is 34.6 Å². The first kappa shape index (κ1) is 28.3. The molecule has 7 rings (SSSR count). The minimum Gasteiger partial charge on any atom is -0.505 e. The van der Waals surface area contributed by atoms with Crippen molar-refractivity contribution in [3.05, 3.63) is 125 Å². The Morgan fingerprint density at radius 1 is 0.933 bits per heavy atom. The molecule has 0 aliphatic carbocycles. The lowest BCUT2D eigenvalue weighted by Gasteiger charge is -2.24. The van der Waals surface area contributed by atoms with E-state index in [4.69, 9.17) is 14.5 Å². The van der Waals surface area contributed by atoms with Crippen molar-refractivity contribution in [3.63, 3.8) is 0 Å². The van der Waals surface area contributed by atoms with Crippen LogP contribution in [-0.4, -0.2) is 38.3 Å². The predicted octanol–water partition coefficient (Wildman–Crippen LogP) is 6.77. The summed E-state index contributed by atoms with van der Waals surface area (Å²) in [6, 6.07) is 25.3. The minimum absolute atomic E-state index is 0.0656. The summed E-state index contributed by atoms with van der Waals surface area (Å²) < 4.78 is 14.4. The fraction of sp³-hybridized carbons (Fsp3) is 0.143. The van der Waals surface area contributed by atoms with Crippen LogP contribution in [0.5, 0.6) is 11.5 Å². The number of anilines is 1. The summed E-state index contributed by atoms with van der Waals surface area (Å²) in [5.41, 5.74) is 4.68. The number of nitrogens with zero attached hydrogens (tertiary/aromatic N) is 4. The van der Waals surface area contributed by atoms with Crippen LogP contribution in [0.1, 0.15) is 34.1 Å². The zero-order valence-corrected chi connectivity index (χ0v) is 25.5. The van der Waals surface area contributed by atoms with Crippen molar-refractivity contribution in [2.45, 2.75) is 26.5 Å². The molecule has 1 aliphatic heterocycles. The van der Waals surface area contributed by atoms with Crippen LogP contribution >= 0.6 is 11.3 Å². The molecule has 0 saturated carbocycles. The van der Waals surface area contributed by atoms with Crippen LogP contribution in [0.2, 0.25) is 0 Å². The maximum Gasteiger partial charge on any atom is 0.301 e. The van der Waals surface area contributed by atoms with E-state index in [1.165, 1.54) is 23.3 Å². The molecule has 9 nitrogen and oxygen atoms in total. The number of aliphatic hydroxyl groups excluding tert-OH is 1. The first-order valence-corrected chi connectivity index (χ1v) is 15.1. The molecule has 0 radical (unpaired) electrons. The lowest BCUT2D eigenvalue weighted by molar-refractivity contribution is -0.132. The van der Waals surface area contributed by atoms with Gasteiger partial charge in [-0.3, -0.25) is 18.9 Å². The molecule has 224 valence electrons. The molecule has 1 fully saturated rings. The molecule has 3 aromatic carbocycles. The number of benzene rings is 3.